The number of hydrogen-bond acceptors (Lipinski definition) is 5. The molecule has 160 valence electrons. The van der Waals surface area contributed by atoms with Gasteiger partial charge in [-0.3, -0.25) is 9.36 Å². The van der Waals surface area contributed by atoms with Gasteiger partial charge in [0, 0.05) is 18.2 Å². The van der Waals surface area contributed by atoms with Crippen LogP contribution in [0.4, 0.5) is 4.39 Å². The molecule has 1 N–H and O–H groups in total. The smallest absolute Gasteiger partial charge is 0.254 e. The summed E-state index contributed by atoms with van der Waals surface area (Å²) >= 11 is 6.49. The zero-order chi connectivity index (χ0) is 22.1. The summed E-state index contributed by atoms with van der Waals surface area (Å²) in [7, 11) is 0. The molecule has 9 heteroatoms. The van der Waals surface area contributed by atoms with Crippen LogP contribution in [0.5, 0.6) is 0 Å². The third-order valence-corrected chi connectivity index (χ3v) is 5.87. The number of halogens is 2. The molecule has 5 rings (SSSR count). The minimum Gasteiger partial charge on any atom is -0.349 e. The van der Waals surface area contributed by atoms with Gasteiger partial charge in [0.1, 0.15) is 23.7 Å². The van der Waals surface area contributed by atoms with Gasteiger partial charge in [-0.2, -0.15) is 0 Å². The number of amides is 1. The number of rotatable bonds is 5. The zero-order valence-electron chi connectivity index (χ0n) is 16.8. The summed E-state index contributed by atoms with van der Waals surface area (Å²) in [5.74, 6) is 0.410. The van der Waals surface area contributed by atoms with Crippen molar-refractivity contribution in [3.8, 4) is 17.2 Å². The molecule has 0 atom stereocenters. The Morgan fingerprint density at radius 3 is 2.59 bits per heavy atom. The molecule has 2 aromatic heterocycles. The van der Waals surface area contributed by atoms with Crippen LogP contribution in [0.3, 0.4) is 0 Å². The average molecular weight is 449 g/mol. The lowest BCUT2D eigenvalue weighted by molar-refractivity contribution is 0.0903. The summed E-state index contributed by atoms with van der Waals surface area (Å²) in [5.41, 5.74) is 1.42. The largest absolute Gasteiger partial charge is 0.349 e. The van der Waals surface area contributed by atoms with E-state index in [1.54, 1.807) is 24.4 Å². The van der Waals surface area contributed by atoms with Crippen molar-refractivity contribution in [3.63, 3.8) is 0 Å². The number of aromatic nitrogens is 5. The second-order valence-electron chi connectivity index (χ2n) is 7.58. The molecule has 1 amide bonds. The van der Waals surface area contributed by atoms with E-state index in [-0.39, 0.29) is 17.5 Å². The highest BCUT2D eigenvalue weighted by molar-refractivity contribution is 6.32. The zero-order valence-corrected chi connectivity index (χ0v) is 17.6. The van der Waals surface area contributed by atoms with Crippen molar-refractivity contribution in [2.45, 2.75) is 24.8 Å². The molecule has 7 nitrogen and oxygen atoms in total. The molecule has 2 aromatic carbocycles. The van der Waals surface area contributed by atoms with Gasteiger partial charge in [0.05, 0.1) is 16.3 Å². The number of carbonyl (C=O) groups is 1. The summed E-state index contributed by atoms with van der Waals surface area (Å²) in [6.07, 6.45) is 4.42. The molecule has 1 aliphatic carbocycles. The van der Waals surface area contributed by atoms with Crippen molar-refractivity contribution in [3.05, 3.63) is 89.3 Å². The number of benzene rings is 2. The Balaban J connectivity index is 1.41. The Labute approximate surface area is 188 Å². The van der Waals surface area contributed by atoms with Crippen LogP contribution < -0.4 is 5.32 Å². The van der Waals surface area contributed by atoms with E-state index >= 15 is 0 Å². The van der Waals surface area contributed by atoms with Crippen LogP contribution in [0.2, 0.25) is 5.02 Å². The molecule has 0 bridgehead atoms. The van der Waals surface area contributed by atoms with Crippen molar-refractivity contribution in [2.75, 3.05) is 0 Å². The molecule has 0 aliphatic heterocycles. The standard InChI is InChI=1S/C23H18ClFN6O/c24-17-6-2-4-8-20(17)31-21(29-30-22(31)19-9-10-26-13-27-19)14-11-15(12-14)28-23(32)16-5-1-3-7-18(16)25/h1-10,13-15H,11-12H2,(H,28,32). The number of nitrogens with zero attached hydrogens (tertiary/aromatic N) is 5. The first-order valence-corrected chi connectivity index (χ1v) is 10.5. The number of para-hydroxylation sites is 1. The van der Waals surface area contributed by atoms with Crippen molar-refractivity contribution < 1.29 is 9.18 Å². The van der Waals surface area contributed by atoms with Crippen LogP contribution in [0, 0.1) is 5.82 Å². The highest BCUT2D eigenvalue weighted by Crippen LogP contribution is 2.39. The van der Waals surface area contributed by atoms with Gasteiger partial charge in [0.25, 0.3) is 5.91 Å². The second-order valence-corrected chi connectivity index (χ2v) is 7.99. The van der Waals surface area contributed by atoms with Gasteiger partial charge < -0.3 is 5.32 Å². The van der Waals surface area contributed by atoms with E-state index in [1.165, 1.54) is 18.5 Å². The topological polar surface area (TPSA) is 85.6 Å². The van der Waals surface area contributed by atoms with E-state index in [0.717, 1.165) is 11.5 Å². The SMILES string of the molecule is O=C(NC1CC(c2nnc(-c3ccncn3)n2-c2ccccc2Cl)C1)c1ccccc1F. The maximum absolute atomic E-state index is 13.9. The molecule has 1 saturated carbocycles. The monoisotopic (exact) mass is 448 g/mol. The van der Waals surface area contributed by atoms with E-state index in [4.69, 9.17) is 11.6 Å². The van der Waals surface area contributed by atoms with Crippen LogP contribution in [-0.2, 0) is 0 Å². The van der Waals surface area contributed by atoms with Crippen LogP contribution >= 0.6 is 11.6 Å². The minimum absolute atomic E-state index is 0.0428. The molecule has 4 aromatic rings. The maximum atomic E-state index is 13.9. The first-order valence-electron chi connectivity index (χ1n) is 10.1. The molecule has 1 fully saturated rings. The molecule has 0 radical (unpaired) electrons. The molecule has 1 aliphatic rings. The molecule has 2 heterocycles. The molecular weight excluding hydrogens is 431 g/mol. The van der Waals surface area contributed by atoms with Gasteiger partial charge in [-0.1, -0.05) is 35.9 Å². The normalized spacial score (nSPS) is 17.6. The van der Waals surface area contributed by atoms with Crippen molar-refractivity contribution >= 4 is 17.5 Å². The fraction of sp³-hybridized carbons (Fsp3) is 0.174. The lowest BCUT2D eigenvalue weighted by Gasteiger charge is -2.35. The van der Waals surface area contributed by atoms with Crippen molar-refractivity contribution in [2.24, 2.45) is 0 Å². The van der Waals surface area contributed by atoms with E-state index in [1.807, 2.05) is 28.8 Å². The predicted molar refractivity (Wildman–Crippen MR) is 117 cm³/mol. The summed E-state index contributed by atoms with van der Waals surface area (Å²) in [4.78, 5) is 20.7. The summed E-state index contributed by atoms with van der Waals surface area (Å²) in [5, 5.41) is 12.3. The molecular formula is C23H18ClFN6O. The van der Waals surface area contributed by atoms with Gasteiger partial charge in [-0.15, -0.1) is 10.2 Å². The first kappa shape index (κ1) is 20.3. The van der Waals surface area contributed by atoms with E-state index in [2.05, 4.69) is 25.5 Å². The van der Waals surface area contributed by atoms with E-state index in [0.29, 0.717) is 29.4 Å². The first-order chi connectivity index (χ1) is 15.6. The third kappa shape index (κ3) is 3.73. The average Bonchev–Trinajstić information content (AvgIpc) is 3.21. The molecule has 0 unspecified atom stereocenters. The quantitative estimate of drug-likeness (QED) is 0.494. The maximum Gasteiger partial charge on any atom is 0.254 e. The lowest BCUT2D eigenvalue weighted by atomic mass is 9.79. The van der Waals surface area contributed by atoms with Crippen LogP contribution in [0.25, 0.3) is 17.2 Å². The van der Waals surface area contributed by atoms with Gasteiger partial charge in [-0.25, -0.2) is 14.4 Å². The van der Waals surface area contributed by atoms with Crippen LogP contribution in [0.15, 0.2) is 67.1 Å². The summed E-state index contributed by atoms with van der Waals surface area (Å²) in [6.45, 7) is 0. The Kier molecular flexibility index (Phi) is 5.36. The Hall–Kier alpha value is -3.65. The summed E-state index contributed by atoms with van der Waals surface area (Å²) < 4.78 is 15.8. The lowest BCUT2D eigenvalue weighted by Crippen LogP contribution is -2.44. The Bertz CT molecular complexity index is 1270. The Morgan fingerprint density at radius 2 is 1.84 bits per heavy atom. The van der Waals surface area contributed by atoms with Crippen LogP contribution in [-0.4, -0.2) is 36.7 Å². The number of carbonyl (C=O) groups excluding carboxylic acids is 1. The van der Waals surface area contributed by atoms with Gasteiger partial charge >= 0.3 is 0 Å². The van der Waals surface area contributed by atoms with Crippen molar-refractivity contribution in [1.29, 1.82) is 0 Å². The fourth-order valence-electron chi connectivity index (χ4n) is 3.88. The minimum atomic E-state index is -0.533. The second kappa shape index (κ2) is 8.47. The van der Waals surface area contributed by atoms with Crippen molar-refractivity contribution in [1.82, 2.24) is 30.0 Å². The van der Waals surface area contributed by atoms with Gasteiger partial charge in [0.15, 0.2) is 5.82 Å². The highest BCUT2D eigenvalue weighted by atomic mass is 35.5. The Morgan fingerprint density at radius 1 is 1.06 bits per heavy atom. The van der Waals surface area contributed by atoms with Gasteiger partial charge in [0.2, 0.25) is 0 Å². The summed E-state index contributed by atoms with van der Waals surface area (Å²) in [6, 6.07) is 15.1. The number of hydrogen-bond donors (Lipinski definition) is 1. The van der Waals surface area contributed by atoms with E-state index < -0.39 is 11.7 Å². The molecule has 32 heavy (non-hydrogen) atoms. The molecule has 0 spiro atoms. The molecule has 0 saturated heterocycles. The third-order valence-electron chi connectivity index (χ3n) is 5.55. The number of nitrogens with one attached hydrogen (secondary N) is 1. The van der Waals surface area contributed by atoms with Gasteiger partial charge in [-0.05, 0) is 43.2 Å². The van der Waals surface area contributed by atoms with E-state index in [9.17, 15) is 9.18 Å². The van der Waals surface area contributed by atoms with Crippen LogP contribution in [0.1, 0.15) is 34.9 Å². The highest BCUT2D eigenvalue weighted by Gasteiger charge is 2.36. The predicted octanol–water partition coefficient (Wildman–Crippen LogP) is 4.19. The fourth-order valence-corrected chi connectivity index (χ4v) is 4.10.